The van der Waals surface area contributed by atoms with Gasteiger partial charge in [0.25, 0.3) is 0 Å². The van der Waals surface area contributed by atoms with Gasteiger partial charge < -0.3 is 0 Å². The SMILES string of the molecule is c1ccc(-c2cc(-c3ccccc3)cc(-c3cc(-c4ccc(-c5cccc(-c6cc(-c7cccc(-c8cccnc8)c7)cc(-c7cccc(-c8cccnc8)c7)c6)c5)cn4)cc(-c4cccc5c4sc4ccccc45)c3)c2)cc1. The van der Waals surface area contributed by atoms with E-state index in [0.29, 0.717) is 0 Å². The number of rotatable bonds is 11. The van der Waals surface area contributed by atoms with E-state index in [2.05, 4.69) is 265 Å². The van der Waals surface area contributed by atoms with Gasteiger partial charge in [0.05, 0.1) is 5.69 Å². The molecule has 4 heterocycles. The highest BCUT2D eigenvalue weighted by molar-refractivity contribution is 7.26. The largest absolute Gasteiger partial charge is 0.264 e. The fourth-order valence-corrected chi connectivity index (χ4v) is 12.3. The highest BCUT2D eigenvalue weighted by Gasteiger charge is 2.17. The zero-order valence-electron chi connectivity index (χ0n) is 43.0. The van der Waals surface area contributed by atoms with E-state index in [0.717, 1.165) is 94.7 Å². The highest BCUT2D eigenvalue weighted by Crippen LogP contribution is 2.44. The molecule has 3 nitrogen and oxygen atoms in total. The lowest BCUT2D eigenvalue weighted by Crippen LogP contribution is -1.91. The Hall–Kier alpha value is -10.1. The number of hydrogen-bond donors (Lipinski definition) is 0. The first-order valence-corrected chi connectivity index (χ1v) is 27.5. The van der Waals surface area contributed by atoms with E-state index in [4.69, 9.17) is 4.98 Å². The summed E-state index contributed by atoms with van der Waals surface area (Å²) < 4.78 is 2.57. The van der Waals surface area contributed by atoms with E-state index < -0.39 is 0 Å². The average molecular weight is 1020 g/mol. The first-order valence-electron chi connectivity index (χ1n) is 26.7. The van der Waals surface area contributed by atoms with Crippen LogP contribution in [0.2, 0.25) is 0 Å². The van der Waals surface area contributed by atoms with E-state index in [1.807, 2.05) is 54.5 Å². The molecule has 4 heteroatoms. The van der Waals surface area contributed by atoms with Crippen molar-refractivity contribution in [3.63, 3.8) is 0 Å². The van der Waals surface area contributed by atoms with Crippen molar-refractivity contribution < 1.29 is 0 Å². The van der Waals surface area contributed by atoms with Gasteiger partial charge in [0.2, 0.25) is 0 Å². The molecule has 0 amide bonds. The van der Waals surface area contributed by atoms with Crippen molar-refractivity contribution in [2.24, 2.45) is 0 Å². The first-order chi connectivity index (χ1) is 39.1. The number of thiophene rings is 1. The molecule has 0 saturated carbocycles. The zero-order valence-corrected chi connectivity index (χ0v) is 43.9. The molecule has 0 radical (unpaired) electrons. The summed E-state index contributed by atoms with van der Waals surface area (Å²) in [6.45, 7) is 0. The van der Waals surface area contributed by atoms with Gasteiger partial charge in [0.1, 0.15) is 0 Å². The Morgan fingerprint density at radius 1 is 0.228 bits per heavy atom. The molecule has 4 aromatic heterocycles. The van der Waals surface area contributed by atoms with E-state index in [-0.39, 0.29) is 0 Å². The van der Waals surface area contributed by atoms with Crippen LogP contribution in [0, 0.1) is 0 Å². The van der Waals surface area contributed by atoms with Gasteiger partial charge in [-0.15, -0.1) is 11.3 Å². The van der Waals surface area contributed by atoms with Crippen molar-refractivity contribution >= 4 is 31.5 Å². The summed E-state index contributed by atoms with van der Waals surface area (Å²) in [5, 5.41) is 2.57. The standard InChI is InChI=1S/C75H49N3S/c1-3-15-50(16-4-1)61-38-62(51-17-5-2-6-18-51)40-66(39-61)67-44-68(70-28-12-29-72-71-27-7-8-30-74(71)79-75(70)72)46-69(45-67)73-32-31-60(49-78-73)54-21-11-24-57(37-54)65-42-63(55-22-9-19-52(35-55)58-25-13-33-76-47-58)41-64(43-65)56-23-10-20-53(36-56)59-26-14-34-77-48-59/h1-49H. The van der Waals surface area contributed by atoms with Crippen molar-refractivity contribution in [1.29, 1.82) is 0 Å². The minimum atomic E-state index is 0.911. The lowest BCUT2D eigenvalue weighted by Gasteiger charge is -2.15. The first kappa shape index (κ1) is 47.3. The van der Waals surface area contributed by atoms with Gasteiger partial charge in [-0.3, -0.25) is 15.0 Å². The Labute approximate surface area is 464 Å². The Balaban J connectivity index is 0.869. The highest BCUT2D eigenvalue weighted by atomic mass is 32.1. The van der Waals surface area contributed by atoms with Crippen LogP contribution in [0.5, 0.6) is 0 Å². The van der Waals surface area contributed by atoms with Crippen LogP contribution in [0.15, 0.2) is 298 Å². The van der Waals surface area contributed by atoms with Crippen molar-refractivity contribution in [3.8, 4) is 123 Å². The van der Waals surface area contributed by atoms with E-state index in [1.165, 1.54) is 48.0 Å². The van der Waals surface area contributed by atoms with Crippen molar-refractivity contribution in [3.05, 3.63) is 298 Å². The van der Waals surface area contributed by atoms with Crippen LogP contribution in [-0.2, 0) is 0 Å². The Bertz CT molecular complexity index is 4350. The van der Waals surface area contributed by atoms with Crippen LogP contribution in [0.3, 0.4) is 0 Å². The number of aromatic nitrogens is 3. The third-order valence-corrected chi connectivity index (χ3v) is 16.3. The van der Waals surface area contributed by atoms with Crippen LogP contribution < -0.4 is 0 Å². The number of nitrogens with zero attached hydrogens (tertiary/aromatic N) is 3. The second kappa shape index (κ2) is 20.8. The number of fused-ring (bicyclic) bond motifs is 3. The van der Waals surface area contributed by atoms with Gasteiger partial charge in [-0.2, -0.15) is 0 Å². The molecule has 0 bridgehead atoms. The van der Waals surface area contributed by atoms with Gasteiger partial charge in [0, 0.05) is 73.4 Å². The summed E-state index contributed by atoms with van der Waals surface area (Å²) in [6.07, 6.45) is 9.52. The second-order valence-corrected chi connectivity index (χ2v) is 21.1. The lowest BCUT2D eigenvalue weighted by atomic mass is 9.90. The van der Waals surface area contributed by atoms with Crippen LogP contribution in [0.1, 0.15) is 0 Å². The number of benzene rings is 10. The predicted octanol–water partition coefficient (Wildman–Crippen LogP) is 20.6. The second-order valence-electron chi connectivity index (χ2n) is 20.1. The minimum absolute atomic E-state index is 0.911. The summed E-state index contributed by atoms with van der Waals surface area (Å²) in [5.41, 5.74) is 24.7. The maximum atomic E-state index is 5.29. The monoisotopic (exact) mass is 1020 g/mol. The van der Waals surface area contributed by atoms with Gasteiger partial charge >= 0.3 is 0 Å². The number of pyridine rings is 3. The fourth-order valence-electron chi connectivity index (χ4n) is 11.0. The zero-order chi connectivity index (χ0) is 52.5. The molecule has 0 saturated heterocycles. The molecule has 0 fully saturated rings. The Morgan fingerprint density at radius 3 is 1.09 bits per heavy atom. The van der Waals surface area contributed by atoms with Crippen molar-refractivity contribution in [2.75, 3.05) is 0 Å². The van der Waals surface area contributed by atoms with Crippen LogP contribution in [0.4, 0.5) is 0 Å². The molecule has 0 atom stereocenters. The molecule has 370 valence electrons. The lowest BCUT2D eigenvalue weighted by molar-refractivity contribution is 1.32. The number of hydrogen-bond acceptors (Lipinski definition) is 4. The maximum Gasteiger partial charge on any atom is 0.0702 e. The summed E-state index contributed by atoms with van der Waals surface area (Å²) in [7, 11) is 0. The summed E-state index contributed by atoms with van der Waals surface area (Å²) >= 11 is 1.86. The topological polar surface area (TPSA) is 38.7 Å². The Morgan fingerprint density at radius 2 is 0.595 bits per heavy atom. The van der Waals surface area contributed by atoms with Gasteiger partial charge in [0.15, 0.2) is 0 Å². The molecular formula is C75H49N3S. The molecule has 0 spiro atoms. The van der Waals surface area contributed by atoms with Crippen molar-refractivity contribution in [2.45, 2.75) is 0 Å². The quantitative estimate of drug-likeness (QED) is 0.130. The average Bonchev–Trinajstić information content (AvgIpc) is 4.17. The van der Waals surface area contributed by atoms with Gasteiger partial charge in [-0.05, 0) is 192 Å². The molecule has 10 aromatic carbocycles. The van der Waals surface area contributed by atoms with E-state index in [1.54, 1.807) is 0 Å². The normalized spacial score (nSPS) is 11.3. The van der Waals surface area contributed by atoms with E-state index >= 15 is 0 Å². The molecule has 79 heavy (non-hydrogen) atoms. The minimum Gasteiger partial charge on any atom is -0.264 e. The molecule has 14 rings (SSSR count). The summed E-state index contributed by atoms with van der Waals surface area (Å²) in [5.74, 6) is 0. The van der Waals surface area contributed by atoms with Crippen LogP contribution >= 0.6 is 11.3 Å². The molecule has 0 aliphatic rings. The maximum absolute atomic E-state index is 5.29. The summed E-state index contributed by atoms with van der Waals surface area (Å²) in [6, 6.07) is 96.8. The van der Waals surface area contributed by atoms with Gasteiger partial charge in [-0.25, -0.2) is 0 Å². The molecule has 14 aromatic rings. The molecule has 0 aliphatic heterocycles. The van der Waals surface area contributed by atoms with Crippen LogP contribution in [-0.4, -0.2) is 15.0 Å². The Kier molecular flexibility index (Phi) is 12.4. The molecule has 0 N–H and O–H groups in total. The third kappa shape index (κ3) is 9.63. The smallest absolute Gasteiger partial charge is 0.0702 e. The summed E-state index contributed by atoms with van der Waals surface area (Å²) in [4.78, 5) is 14.1. The molecule has 0 unspecified atom stereocenters. The fraction of sp³-hybridized carbons (Fsp3) is 0. The van der Waals surface area contributed by atoms with Gasteiger partial charge in [-0.1, -0.05) is 170 Å². The molecular weight excluding hydrogens is 975 g/mol. The van der Waals surface area contributed by atoms with Crippen molar-refractivity contribution in [1.82, 2.24) is 15.0 Å². The predicted molar refractivity (Wildman–Crippen MR) is 333 cm³/mol. The molecule has 0 aliphatic carbocycles. The van der Waals surface area contributed by atoms with E-state index in [9.17, 15) is 0 Å². The third-order valence-electron chi connectivity index (χ3n) is 15.0. The van der Waals surface area contributed by atoms with Crippen LogP contribution in [0.25, 0.3) is 143 Å².